The highest BCUT2D eigenvalue weighted by molar-refractivity contribution is 5.39. The van der Waals surface area contributed by atoms with Crippen LogP contribution in [0.4, 0.5) is 4.39 Å². The van der Waals surface area contributed by atoms with E-state index in [-0.39, 0.29) is 12.4 Å². The summed E-state index contributed by atoms with van der Waals surface area (Å²) in [6.07, 6.45) is -0.698. The van der Waals surface area contributed by atoms with E-state index in [0.717, 1.165) is 16.7 Å². The Hall–Kier alpha value is -1.87. The molecule has 0 radical (unpaired) electrons. The summed E-state index contributed by atoms with van der Waals surface area (Å²) in [5, 5.41) is 10.4. The molecule has 0 amide bonds. The molecule has 3 heteroatoms. The van der Waals surface area contributed by atoms with E-state index in [4.69, 9.17) is 4.74 Å². The zero-order valence-corrected chi connectivity index (χ0v) is 12.9. The summed E-state index contributed by atoms with van der Waals surface area (Å²) in [5.74, 6) is 0.309. The summed E-state index contributed by atoms with van der Waals surface area (Å²) in [5.41, 5.74) is 4.72. The van der Waals surface area contributed by atoms with Gasteiger partial charge in [-0.3, -0.25) is 0 Å². The molecule has 21 heavy (non-hydrogen) atoms. The number of ether oxygens (including phenoxy) is 1. The molecule has 0 spiro atoms. The summed E-state index contributed by atoms with van der Waals surface area (Å²) in [6.45, 7) is 7.85. The van der Waals surface area contributed by atoms with Gasteiger partial charge in [-0.2, -0.15) is 0 Å². The number of aliphatic hydroxyl groups excluding tert-OH is 1. The number of hydrogen-bond donors (Lipinski definition) is 1. The zero-order chi connectivity index (χ0) is 15.6. The topological polar surface area (TPSA) is 29.5 Å². The fraction of sp³-hybridized carbons (Fsp3) is 0.333. The molecule has 0 aliphatic carbocycles. The lowest BCUT2D eigenvalue weighted by atomic mass is 9.96. The molecule has 112 valence electrons. The molecule has 2 nitrogen and oxygen atoms in total. The van der Waals surface area contributed by atoms with Crippen molar-refractivity contribution >= 4 is 0 Å². The standard InChI is InChI=1S/C18H21FO2/c1-11-7-13(3)18(14(4)8-11)17(20)10-21-15-5-6-16(19)12(2)9-15/h5-9,17,20H,10H2,1-4H3. The second kappa shape index (κ2) is 6.27. The minimum atomic E-state index is -0.698. The zero-order valence-electron chi connectivity index (χ0n) is 12.9. The van der Waals surface area contributed by atoms with Crippen molar-refractivity contribution in [2.24, 2.45) is 0 Å². The Labute approximate surface area is 125 Å². The van der Waals surface area contributed by atoms with Crippen molar-refractivity contribution in [2.75, 3.05) is 6.61 Å². The Bertz CT molecular complexity index is 627. The van der Waals surface area contributed by atoms with Crippen LogP contribution in [-0.4, -0.2) is 11.7 Å². The van der Waals surface area contributed by atoms with Gasteiger partial charge in [-0.25, -0.2) is 4.39 Å². The summed E-state index contributed by atoms with van der Waals surface area (Å²) >= 11 is 0. The third-order valence-corrected chi connectivity index (χ3v) is 3.61. The van der Waals surface area contributed by atoms with E-state index in [9.17, 15) is 9.50 Å². The molecule has 1 N–H and O–H groups in total. The predicted molar refractivity (Wildman–Crippen MR) is 82.2 cm³/mol. The van der Waals surface area contributed by atoms with E-state index in [1.54, 1.807) is 19.1 Å². The van der Waals surface area contributed by atoms with Crippen LogP contribution in [0.15, 0.2) is 30.3 Å². The van der Waals surface area contributed by atoms with Gasteiger partial charge in [0.2, 0.25) is 0 Å². The van der Waals surface area contributed by atoms with Crippen LogP contribution in [0.3, 0.4) is 0 Å². The van der Waals surface area contributed by atoms with Crippen LogP contribution in [-0.2, 0) is 0 Å². The molecule has 2 aromatic carbocycles. The average Bonchev–Trinajstić information content (AvgIpc) is 2.39. The fourth-order valence-corrected chi connectivity index (χ4v) is 2.68. The summed E-state index contributed by atoms with van der Waals surface area (Å²) < 4.78 is 18.8. The molecule has 1 atom stereocenters. The molecule has 0 saturated heterocycles. The quantitative estimate of drug-likeness (QED) is 0.915. The third kappa shape index (κ3) is 3.61. The van der Waals surface area contributed by atoms with Crippen LogP contribution in [0.25, 0.3) is 0 Å². The minimum Gasteiger partial charge on any atom is -0.491 e. The lowest BCUT2D eigenvalue weighted by molar-refractivity contribution is 0.107. The fourth-order valence-electron chi connectivity index (χ4n) is 2.68. The van der Waals surface area contributed by atoms with Gasteiger partial charge in [0, 0.05) is 0 Å². The summed E-state index contributed by atoms with van der Waals surface area (Å²) in [6, 6.07) is 8.68. The van der Waals surface area contributed by atoms with Gasteiger partial charge >= 0.3 is 0 Å². The molecule has 0 fully saturated rings. The van der Waals surface area contributed by atoms with Gasteiger partial charge < -0.3 is 9.84 Å². The number of aliphatic hydroxyl groups is 1. The highest BCUT2D eigenvalue weighted by Gasteiger charge is 2.15. The highest BCUT2D eigenvalue weighted by Crippen LogP contribution is 2.25. The van der Waals surface area contributed by atoms with Crippen molar-refractivity contribution in [1.82, 2.24) is 0 Å². The van der Waals surface area contributed by atoms with E-state index in [2.05, 4.69) is 0 Å². The monoisotopic (exact) mass is 288 g/mol. The largest absolute Gasteiger partial charge is 0.491 e. The number of rotatable bonds is 4. The van der Waals surface area contributed by atoms with Crippen LogP contribution in [0.5, 0.6) is 5.75 Å². The Kier molecular flexibility index (Phi) is 4.63. The number of hydrogen-bond acceptors (Lipinski definition) is 2. The van der Waals surface area contributed by atoms with Crippen molar-refractivity contribution < 1.29 is 14.2 Å². The average molecular weight is 288 g/mol. The molecule has 0 heterocycles. The van der Waals surface area contributed by atoms with Gasteiger partial charge in [-0.1, -0.05) is 17.7 Å². The molecule has 0 saturated carbocycles. The van der Waals surface area contributed by atoms with E-state index in [1.165, 1.54) is 11.6 Å². The maximum Gasteiger partial charge on any atom is 0.126 e. The molecule has 0 aliphatic heterocycles. The van der Waals surface area contributed by atoms with E-state index in [0.29, 0.717) is 11.3 Å². The lowest BCUT2D eigenvalue weighted by Gasteiger charge is -2.18. The van der Waals surface area contributed by atoms with E-state index in [1.807, 2.05) is 32.9 Å². The van der Waals surface area contributed by atoms with Crippen molar-refractivity contribution in [1.29, 1.82) is 0 Å². The Morgan fingerprint density at radius 2 is 1.62 bits per heavy atom. The Balaban J connectivity index is 2.11. The van der Waals surface area contributed by atoms with Gasteiger partial charge in [0.05, 0.1) is 0 Å². The van der Waals surface area contributed by atoms with Crippen molar-refractivity contribution in [3.63, 3.8) is 0 Å². The number of benzene rings is 2. The summed E-state index contributed by atoms with van der Waals surface area (Å²) in [4.78, 5) is 0. The van der Waals surface area contributed by atoms with Crippen LogP contribution in [0, 0.1) is 33.5 Å². The molecule has 0 aromatic heterocycles. The Morgan fingerprint density at radius 3 is 2.19 bits per heavy atom. The first kappa shape index (κ1) is 15.5. The second-order valence-electron chi connectivity index (χ2n) is 5.55. The van der Waals surface area contributed by atoms with Gasteiger partial charge in [-0.15, -0.1) is 0 Å². The summed E-state index contributed by atoms with van der Waals surface area (Å²) in [7, 11) is 0. The maximum atomic E-state index is 13.2. The smallest absolute Gasteiger partial charge is 0.126 e. The van der Waals surface area contributed by atoms with E-state index >= 15 is 0 Å². The molecular formula is C18H21FO2. The number of aryl methyl sites for hydroxylation is 4. The van der Waals surface area contributed by atoms with Crippen LogP contribution < -0.4 is 4.74 Å². The number of halogens is 1. The van der Waals surface area contributed by atoms with Gasteiger partial charge in [0.25, 0.3) is 0 Å². The van der Waals surface area contributed by atoms with Crippen molar-refractivity contribution in [3.8, 4) is 5.75 Å². The van der Waals surface area contributed by atoms with Gasteiger partial charge in [0.1, 0.15) is 24.3 Å². The van der Waals surface area contributed by atoms with Gasteiger partial charge in [0.15, 0.2) is 0 Å². The normalized spacial score (nSPS) is 12.3. The van der Waals surface area contributed by atoms with E-state index < -0.39 is 6.10 Å². The molecule has 0 bridgehead atoms. The Morgan fingerprint density at radius 1 is 1.00 bits per heavy atom. The molecular weight excluding hydrogens is 267 g/mol. The first-order valence-electron chi connectivity index (χ1n) is 7.03. The molecule has 2 aromatic rings. The molecule has 0 aliphatic rings. The third-order valence-electron chi connectivity index (χ3n) is 3.61. The van der Waals surface area contributed by atoms with Crippen molar-refractivity contribution in [2.45, 2.75) is 33.8 Å². The SMILES string of the molecule is Cc1cc(C)c(C(O)COc2ccc(F)c(C)c2)c(C)c1. The van der Waals surface area contributed by atoms with Crippen molar-refractivity contribution in [3.05, 3.63) is 64.0 Å². The maximum absolute atomic E-state index is 13.2. The predicted octanol–water partition coefficient (Wildman–Crippen LogP) is 4.17. The second-order valence-corrected chi connectivity index (χ2v) is 5.55. The lowest BCUT2D eigenvalue weighted by Crippen LogP contribution is -2.12. The van der Waals surface area contributed by atoms with Crippen LogP contribution in [0.2, 0.25) is 0 Å². The first-order valence-corrected chi connectivity index (χ1v) is 7.03. The molecule has 2 rings (SSSR count). The van der Waals surface area contributed by atoms with Crippen LogP contribution >= 0.6 is 0 Å². The molecule has 1 unspecified atom stereocenters. The highest BCUT2D eigenvalue weighted by atomic mass is 19.1. The van der Waals surface area contributed by atoms with Gasteiger partial charge in [-0.05, 0) is 68.1 Å². The minimum absolute atomic E-state index is 0.149. The van der Waals surface area contributed by atoms with Crippen LogP contribution in [0.1, 0.15) is 33.9 Å². The first-order chi connectivity index (χ1) is 9.88.